The van der Waals surface area contributed by atoms with Gasteiger partial charge in [0.25, 0.3) is 0 Å². The summed E-state index contributed by atoms with van der Waals surface area (Å²) in [6.07, 6.45) is 0.851. The summed E-state index contributed by atoms with van der Waals surface area (Å²) in [7, 11) is 0. The van der Waals surface area contributed by atoms with Crippen molar-refractivity contribution in [2.24, 2.45) is 11.5 Å². The van der Waals surface area contributed by atoms with Crippen LogP contribution in [0.2, 0.25) is 0 Å². The summed E-state index contributed by atoms with van der Waals surface area (Å²) in [4.78, 5) is 0. The van der Waals surface area contributed by atoms with E-state index in [1.165, 1.54) is 0 Å². The molecule has 3 nitrogen and oxygen atoms in total. The average Bonchev–Trinajstić information content (AvgIpc) is 1.64. The Balaban J connectivity index is 3.43. The van der Waals surface area contributed by atoms with Gasteiger partial charge in [-0.1, -0.05) is 0 Å². The quantitative estimate of drug-likeness (QED) is 0.531. The highest BCUT2D eigenvalue weighted by Gasteiger charge is 2.15. The van der Waals surface area contributed by atoms with Crippen molar-refractivity contribution in [1.82, 2.24) is 0 Å². The Kier molecular flexibility index (Phi) is 3.77. The van der Waals surface area contributed by atoms with E-state index >= 15 is 0 Å². The Morgan fingerprint density at radius 2 is 1.89 bits per heavy atom. The zero-order valence-corrected chi connectivity index (χ0v) is 6.18. The summed E-state index contributed by atoms with van der Waals surface area (Å²) in [6, 6.07) is 0. The van der Waals surface area contributed by atoms with Crippen LogP contribution in [0, 0.1) is 0 Å². The molecule has 0 aromatic heterocycles. The van der Waals surface area contributed by atoms with E-state index in [2.05, 4.69) is 0 Å². The van der Waals surface area contributed by atoms with Crippen LogP contribution in [0.1, 0.15) is 20.3 Å². The van der Waals surface area contributed by atoms with Crippen molar-refractivity contribution in [3.63, 3.8) is 0 Å². The molecule has 0 aromatic rings. The normalized spacial score (nSPS) is 12.0. The number of nitrogens with two attached hydrogens (primary N) is 2. The maximum Gasteiger partial charge on any atom is 0.0947 e. The van der Waals surface area contributed by atoms with Crippen LogP contribution in [0.4, 0.5) is 0 Å². The minimum atomic E-state index is -0.149. The maximum atomic E-state index is 5.32. The molecule has 0 aliphatic heterocycles. The smallest absolute Gasteiger partial charge is 0.0947 e. The first-order chi connectivity index (χ1) is 4.12. The van der Waals surface area contributed by atoms with E-state index in [1.807, 2.05) is 13.8 Å². The van der Waals surface area contributed by atoms with Gasteiger partial charge in [-0.15, -0.1) is 0 Å². The summed E-state index contributed by atoms with van der Waals surface area (Å²) >= 11 is 0. The standard InChI is InChI=1S/C6H16N2O/c1-6(2,3-4-7)9-5-8/h3-5,7-8H2,1-2H3. The minimum absolute atomic E-state index is 0.149. The predicted molar refractivity (Wildman–Crippen MR) is 37.9 cm³/mol. The summed E-state index contributed by atoms with van der Waals surface area (Å²) in [6.45, 7) is 4.87. The van der Waals surface area contributed by atoms with Crippen LogP contribution in [-0.2, 0) is 4.74 Å². The molecule has 0 spiro atoms. The first-order valence-corrected chi connectivity index (χ1v) is 3.16. The molecule has 0 unspecified atom stereocenters. The van der Waals surface area contributed by atoms with Gasteiger partial charge in [0.05, 0.1) is 12.3 Å². The highest BCUT2D eigenvalue weighted by atomic mass is 16.5. The van der Waals surface area contributed by atoms with Crippen LogP contribution in [0.15, 0.2) is 0 Å². The van der Waals surface area contributed by atoms with Gasteiger partial charge in [0.1, 0.15) is 0 Å². The van der Waals surface area contributed by atoms with Crippen LogP contribution in [0.25, 0.3) is 0 Å². The van der Waals surface area contributed by atoms with Crippen LogP contribution >= 0.6 is 0 Å². The summed E-state index contributed by atoms with van der Waals surface area (Å²) in [5.41, 5.74) is 10.4. The number of hydrogen-bond donors (Lipinski definition) is 2. The molecule has 0 saturated heterocycles. The number of hydrogen-bond acceptors (Lipinski definition) is 3. The van der Waals surface area contributed by atoms with Crippen LogP contribution in [0.5, 0.6) is 0 Å². The van der Waals surface area contributed by atoms with E-state index in [1.54, 1.807) is 0 Å². The summed E-state index contributed by atoms with van der Waals surface area (Å²) < 4.78 is 5.17. The van der Waals surface area contributed by atoms with Gasteiger partial charge in [0.15, 0.2) is 0 Å². The van der Waals surface area contributed by atoms with Gasteiger partial charge in [-0.25, -0.2) is 0 Å². The van der Waals surface area contributed by atoms with E-state index in [0.29, 0.717) is 6.54 Å². The molecule has 9 heavy (non-hydrogen) atoms. The van der Waals surface area contributed by atoms with Crippen molar-refractivity contribution in [3.05, 3.63) is 0 Å². The Hall–Kier alpha value is -0.120. The fraction of sp³-hybridized carbons (Fsp3) is 1.00. The maximum absolute atomic E-state index is 5.32. The van der Waals surface area contributed by atoms with Crippen molar-refractivity contribution < 1.29 is 4.74 Å². The SMILES string of the molecule is CC(C)(CCN)OCN. The van der Waals surface area contributed by atoms with Crippen molar-refractivity contribution >= 4 is 0 Å². The molecule has 0 fully saturated rings. The van der Waals surface area contributed by atoms with Gasteiger partial charge in [-0.3, -0.25) is 0 Å². The molecule has 3 heteroatoms. The molecular formula is C6H16N2O. The zero-order chi connectivity index (χ0) is 7.33. The fourth-order valence-electron chi connectivity index (χ4n) is 0.645. The largest absolute Gasteiger partial charge is 0.361 e. The highest BCUT2D eigenvalue weighted by Crippen LogP contribution is 2.11. The van der Waals surface area contributed by atoms with Crippen LogP contribution < -0.4 is 11.5 Å². The molecule has 56 valence electrons. The Morgan fingerprint density at radius 1 is 1.33 bits per heavy atom. The molecule has 0 heterocycles. The van der Waals surface area contributed by atoms with E-state index in [9.17, 15) is 0 Å². The summed E-state index contributed by atoms with van der Waals surface area (Å²) in [5.74, 6) is 0. The molecule has 0 aliphatic rings. The first kappa shape index (κ1) is 8.88. The molecule has 0 saturated carbocycles. The number of ether oxygens (including phenoxy) is 1. The van der Waals surface area contributed by atoms with Gasteiger partial charge in [0, 0.05) is 0 Å². The van der Waals surface area contributed by atoms with Gasteiger partial charge in [-0.2, -0.15) is 0 Å². The van der Waals surface area contributed by atoms with Crippen LogP contribution in [0.3, 0.4) is 0 Å². The second-order valence-corrected chi connectivity index (χ2v) is 2.61. The fourth-order valence-corrected chi connectivity index (χ4v) is 0.645. The third-order valence-corrected chi connectivity index (χ3v) is 1.22. The summed E-state index contributed by atoms with van der Waals surface area (Å²) in [5, 5.41) is 0. The molecule has 0 radical (unpaired) electrons. The van der Waals surface area contributed by atoms with Crippen molar-refractivity contribution in [3.8, 4) is 0 Å². The van der Waals surface area contributed by atoms with Crippen molar-refractivity contribution in [2.45, 2.75) is 25.9 Å². The molecule has 0 bridgehead atoms. The second kappa shape index (κ2) is 3.82. The lowest BCUT2D eigenvalue weighted by atomic mass is 10.1. The molecule has 0 aromatic carbocycles. The van der Waals surface area contributed by atoms with E-state index in [4.69, 9.17) is 16.2 Å². The van der Waals surface area contributed by atoms with Crippen molar-refractivity contribution in [1.29, 1.82) is 0 Å². The van der Waals surface area contributed by atoms with E-state index in [-0.39, 0.29) is 12.3 Å². The zero-order valence-electron chi connectivity index (χ0n) is 6.18. The Morgan fingerprint density at radius 3 is 2.22 bits per heavy atom. The lowest BCUT2D eigenvalue weighted by molar-refractivity contribution is -0.0180. The lowest BCUT2D eigenvalue weighted by Crippen LogP contribution is -2.30. The molecule has 0 amide bonds. The topological polar surface area (TPSA) is 61.3 Å². The minimum Gasteiger partial charge on any atom is -0.361 e. The molecule has 0 rings (SSSR count). The molecule has 0 aliphatic carbocycles. The molecular weight excluding hydrogens is 116 g/mol. The average molecular weight is 132 g/mol. The van der Waals surface area contributed by atoms with Gasteiger partial charge < -0.3 is 16.2 Å². The number of rotatable bonds is 4. The molecule has 0 atom stereocenters. The third-order valence-electron chi connectivity index (χ3n) is 1.22. The van der Waals surface area contributed by atoms with Gasteiger partial charge in [-0.05, 0) is 26.8 Å². The highest BCUT2D eigenvalue weighted by molar-refractivity contribution is 4.67. The Bertz CT molecular complexity index is 65.5. The first-order valence-electron chi connectivity index (χ1n) is 3.16. The van der Waals surface area contributed by atoms with E-state index < -0.39 is 0 Å². The Labute approximate surface area is 56.4 Å². The monoisotopic (exact) mass is 132 g/mol. The second-order valence-electron chi connectivity index (χ2n) is 2.61. The van der Waals surface area contributed by atoms with E-state index in [0.717, 1.165) is 6.42 Å². The van der Waals surface area contributed by atoms with Crippen molar-refractivity contribution in [2.75, 3.05) is 13.3 Å². The molecule has 4 N–H and O–H groups in total. The van der Waals surface area contributed by atoms with Gasteiger partial charge >= 0.3 is 0 Å². The lowest BCUT2D eigenvalue weighted by Gasteiger charge is -2.22. The predicted octanol–water partition coefficient (Wildman–Crippen LogP) is 0.0466. The van der Waals surface area contributed by atoms with Crippen LogP contribution in [-0.4, -0.2) is 18.9 Å². The van der Waals surface area contributed by atoms with Gasteiger partial charge in [0.2, 0.25) is 0 Å². The third kappa shape index (κ3) is 4.39.